The summed E-state index contributed by atoms with van der Waals surface area (Å²) in [5.74, 6) is 0.442. The first-order valence-corrected chi connectivity index (χ1v) is 14.2. The Morgan fingerprint density at radius 2 is 1.71 bits per heavy atom. The van der Waals surface area contributed by atoms with E-state index in [9.17, 15) is 19.6 Å². The topological polar surface area (TPSA) is 169 Å². The van der Waals surface area contributed by atoms with Crippen molar-refractivity contribution in [3.05, 3.63) is 75.6 Å². The minimum absolute atomic E-state index is 0.0677. The molecule has 0 unspecified atom stereocenters. The number of carbonyl (C=O) groups excluding carboxylic acids is 3. The molecule has 6 rings (SSSR count). The van der Waals surface area contributed by atoms with Crippen molar-refractivity contribution in [2.75, 3.05) is 20.6 Å². The van der Waals surface area contributed by atoms with E-state index in [0.717, 1.165) is 35.1 Å². The fraction of sp³-hybridized carbons (Fsp3) is 0.433. The average molecular weight is 568 g/mol. The molecule has 0 radical (unpaired) electrons. The molecule has 2 heterocycles. The van der Waals surface area contributed by atoms with E-state index in [4.69, 9.17) is 0 Å². The van der Waals surface area contributed by atoms with Crippen molar-refractivity contribution in [1.29, 1.82) is 5.26 Å². The second kappa shape index (κ2) is 10.6. The maximum Gasteiger partial charge on any atom is 0.251 e. The number of piperidine rings is 1. The molecule has 1 aliphatic heterocycles. The van der Waals surface area contributed by atoms with Gasteiger partial charge in [0.1, 0.15) is 6.04 Å². The molecule has 0 bridgehead atoms. The van der Waals surface area contributed by atoms with Crippen LogP contribution in [-0.2, 0) is 16.6 Å². The van der Waals surface area contributed by atoms with Crippen LogP contribution in [0.5, 0.6) is 0 Å². The molecule has 0 spiro atoms. The number of H-pyrrole nitrogens is 1. The lowest BCUT2D eigenvalue weighted by Crippen LogP contribution is -2.47. The number of fused-ring (bicyclic) bond motifs is 3. The third kappa shape index (κ3) is 4.50. The molecule has 4 N–H and O–H groups in total. The van der Waals surface area contributed by atoms with Gasteiger partial charge in [-0.05, 0) is 85.0 Å². The summed E-state index contributed by atoms with van der Waals surface area (Å²) >= 11 is 0. The zero-order valence-electron chi connectivity index (χ0n) is 23.8. The predicted molar refractivity (Wildman–Crippen MR) is 151 cm³/mol. The molecule has 1 saturated heterocycles. The highest BCUT2D eigenvalue weighted by molar-refractivity contribution is 5.95. The number of nitrogens with zero attached hydrogens (tertiary/aromatic N) is 5. The Kier molecular flexibility index (Phi) is 6.98. The van der Waals surface area contributed by atoms with E-state index in [-0.39, 0.29) is 42.4 Å². The van der Waals surface area contributed by atoms with Crippen LogP contribution in [0.1, 0.15) is 75.0 Å². The molecule has 3 amide bonds. The van der Waals surface area contributed by atoms with Crippen LogP contribution >= 0.6 is 0 Å². The summed E-state index contributed by atoms with van der Waals surface area (Å²) in [5, 5.41) is 33.7. The minimum atomic E-state index is -0.891. The molecule has 1 saturated carbocycles. The SMILES string of the molecule is CNC(=O)c1ccc2c(c1)Cc1cc(C(=O)NC)ccc1C2(C[C@@H](C)NCC(=O)N1[C@H](C#N)C[C@@H]2C[C@@H]21)c1nn[nH]n1. The molecule has 3 aliphatic rings. The van der Waals surface area contributed by atoms with E-state index < -0.39 is 5.41 Å². The van der Waals surface area contributed by atoms with E-state index in [1.807, 2.05) is 31.2 Å². The van der Waals surface area contributed by atoms with Crippen molar-refractivity contribution >= 4 is 17.7 Å². The van der Waals surface area contributed by atoms with E-state index >= 15 is 0 Å². The first kappa shape index (κ1) is 27.5. The van der Waals surface area contributed by atoms with Gasteiger partial charge in [-0.25, -0.2) is 0 Å². The first-order chi connectivity index (χ1) is 20.3. The standard InChI is InChI=1S/C30H33N9O3/c1-16(34-15-26(40)39-22(14-31)11-21-12-25(21)39)13-30(29-35-37-38-36-29)23-6-4-17(27(41)32-2)8-19(23)10-20-9-18(28(42)33-3)5-7-24(20)30/h4-9,16,21-22,25,34H,10-13,15H2,1-3H3,(H,32,41)(H,33,42)(H,35,36,37,38)/t16-,21-,22+,25+/m1/s1. The number of nitrogens with one attached hydrogen (secondary N) is 4. The number of benzene rings is 2. The molecule has 4 atom stereocenters. The van der Waals surface area contributed by atoms with Crippen molar-refractivity contribution in [2.45, 2.75) is 56.1 Å². The maximum atomic E-state index is 13.2. The largest absolute Gasteiger partial charge is 0.355 e. The molecule has 42 heavy (non-hydrogen) atoms. The van der Waals surface area contributed by atoms with Crippen LogP contribution in [-0.4, -0.2) is 82.0 Å². The lowest BCUT2D eigenvalue weighted by Gasteiger charge is -2.41. The van der Waals surface area contributed by atoms with Gasteiger partial charge >= 0.3 is 0 Å². The Labute approximate surface area is 243 Å². The molecule has 12 nitrogen and oxygen atoms in total. The molecule has 216 valence electrons. The Morgan fingerprint density at radius 3 is 2.26 bits per heavy atom. The maximum absolute atomic E-state index is 13.2. The second-order valence-corrected chi connectivity index (χ2v) is 11.5. The average Bonchev–Trinajstić information content (AvgIpc) is 3.37. The Bertz CT molecular complexity index is 1530. The van der Waals surface area contributed by atoms with Crippen molar-refractivity contribution < 1.29 is 14.4 Å². The lowest BCUT2D eigenvalue weighted by atomic mass is 9.62. The molecular formula is C30H33N9O3. The van der Waals surface area contributed by atoms with E-state index in [0.29, 0.717) is 35.7 Å². The molecule has 2 aromatic carbocycles. The van der Waals surface area contributed by atoms with Crippen molar-refractivity contribution in [1.82, 2.24) is 41.5 Å². The summed E-state index contributed by atoms with van der Waals surface area (Å²) in [6, 6.07) is 13.1. The van der Waals surface area contributed by atoms with Crippen LogP contribution in [0, 0.1) is 17.2 Å². The van der Waals surface area contributed by atoms with Crippen molar-refractivity contribution in [3.8, 4) is 6.07 Å². The van der Waals surface area contributed by atoms with Crippen LogP contribution in [0.15, 0.2) is 36.4 Å². The van der Waals surface area contributed by atoms with E-state index in [1.165, 1.54) is 0 Å². The number of aromatic nitrogens is 4. The number of nitriles is 1. The van der Waals surface area contributed by atoms with Gasteiger partial charge in [-0.1, -0.05) is 17.3 Å². The predicted octanol–water partition coefficient (Wildman–Crippen LogP) is 1.04. The van der Waals surface area contributed by atoms with Gasteiger partial charge in [-0.2, -0.15) is 10.5 Å². The van der Waals surface area contributed by atoms with Crippen LogP contribution in [0.25, 0.3) is 0 Å². The smallest absolute Gasteiger partial charge is 0.251 e. The molecule has 12 heteroatoms. The zero-order chi connectivity index (χ0) is 29.6. The van der Waals surface area contributed by atoms with E-state index in [1.54, 1.807) is 31.1 Å². The van der Waals surface area contributed by atoms with Gasteiger partial charge in [0.15, 0.2) is 5.82 Å². The number of carbonyl (C=O) groups is 3. The van der Waals surface area contributed by atoms with Gasteiger partial charge < -0.3 is 20.9 Å². The monoisotopic (exact) mass is 567 g/mol. The number of rotatable bonds is 8. The fourth-order valence-electron chi connectivity index (χ4n) is 6.94. The highest BCUT2D eigenvalue weighted by atomic mass is 16.2. The summed E-state index contributed by atoms with van der Waals surface area (Å²) in [5.41, 5.74) is 3.86. The zero-order valence-corrected chi connectivity index (χ0v) is 23.8. The molecule has 2 fully saturated rings. The summed E-state index contributed by atoms with van der Waals surface area (Å²) in [6.45, 7) is 2.11. The van der Waals surface area contributed by atoms with Crippen LogP contribution in [0.2, 0.25) is 0 Å². The summed E-state index contributed by atoms with van der Waals surface area (Å²) in [4.78, 5) is 40.1. The third-order valence-corrected chi connectivity index (χ3v) is 8.97. The summed E-state index contributed by atoms with van der Waals surface area (Å²) in [7, 11) is 3.19. The minimum Gasteiger partial charge on any atom is -0.355 e. The number of tetrazole rings is 1. The Balaban J connectivity index is 1.39. The van der Waals surface area contributed by atoms with Crippen LogP contribution in [0.4, 0.5) is 0 Å². The summed E-state index contributed by atoms with van der Waals surface area (Å²) in [6.07, 6.45) is 2.70. The van der Waals surface area contributed by atoms with Crippen molar-refractivity contribution in [3.63, 3.8) is 0 Å². The quantitative estimate of drug-likeness (QED) is 0.313. The number of likely N-dealkylation sites (tertiary alicyclic amines) is 1. The molecular weight excluding hydrogens is 534 g/mol. The molecule has 3 aromatic rings. The van der Waals surface area contributed by atoms with E-state index in [2.05, 4.69) is 42.6 Å². The molecule has 2 aliphatic carbocycles. The number of hydrogen-bond donors (Lipinski definition) is 4. The lowest BCUT2D eigenvalue weighted by molar-refractivity contribution is -0.131. The highest BCUT2D eigenvalue weighted by Gasteiger charge is 2.54. The second-order valence-electron chi connectivity index (χ2n) is 11.5. The van der Waals surface area contributed by atoms with Crippen molar-refractivity contribution in [2.24, 2.45) is 5.92 Å². The van der Waals surface area contributed by atoms with Gasteiger partial charge in [0.2, 0.25) is 5.91 Å². The summed E-state index contributed by atoms with van der Waals surface area (Å²) < 4.78 is 0. The highest BCUT2D eigenvalue weighted by Crippen LogP contribution is 2.49. The van der Waals surface area contributed by atoms with Gasteiger partial charge in [0, 0.05) is 37.3 Å². The molecule has 1 aromatic heterocycles. The van der Waals surface area contributed by atoms with Gasteiger partial charge in [-0.15, -0.1) is 10.2 Å². The van der Waals surface area contributed by atoms with Gasteiger partial charge in [0.05, 0.1) is 18.0 Å². The normalized spacial score (nSPS) is 21.8. The fourth-order valence-corrected chi connectivity index (χ4v) is 6.94. The Hall–Kier alpha value is -4.63. The third-order valence-electron chi connectivity index (χ3n) is 8.97. The van der Waals surface area contributed by atoms with Crippen LogP contribution in [0.3, 0.4) is 0 Å². The first-order valence-electron chi connectivity index (χ1n) is 14.2. The van der Waals surface area contributed by atoms with Crippen LogP contribution < -0.4 is 16.0 Å². The number of hydrogen-bond acceptors (Lipinski definition) is 8. The van der Waals surface area contributed by atoms with Gasteiger partial charge in [0.25, 0.3) is 11.8 Å². The Morgan fingerprint density at radius 1 is 1.07 bits per heavy atom. The van der Waals surface area contributed by atoms with Gasteiger partial charge in [-0.3, -0.25) is 14.4 Å². The number of aromatic amines is 1. The number of amides is 3.